The molecule has 0 amide bonds. The van der Waals surface area contributed by atoms with Gasteiger partial charge in [-0.15, -0.1) is 0 Å². The van der Waals surface area contributed by atoms with Crippen molar-refractivity contribution in [3.63, 3.8) is 0 Å². The summed E-state index contributed by atoms with van der Waals surface area (Å²) in [7, 11) is 0. The molecule has 2 rings (SSSR count). The molecular weight excluding hydrogens is 286 g/mol. The second-order valence-electron chi connectivity index (χ2n) is 4.69. The van der Waals surface area contributed by atoms with E-state index in [1.807, 2.05) is 35.9 Å². The minimum atomic E-state index is 0.660. The molecule has 1 aromatic carbocycles. The molecule has 2 aromatic rings. The Labute approximate surface area is 131 Å². The molecule has 0 aliphatic rings. The first kappa shape index (κ1) is 15.7. The molecule has 114 valence electrons. The highest BCUT2D eigenvalue weighted by Gasteiger charge is 2.13. The minimum Gasteiger partial charge on any atom is -0.494 e. The van der Waals surface area contributed by atoms with Gasteiger partial charge < -0.3 is 10.1 Å². The quantitative estimate of drug-likeness (QED) is 0.836. The Morgan fingerprint density at radius 2 is 1.90 bits per heavy atom. The lowest BCUT2D eigenvalue weighted by molar-refractivity contribution is 0.340. The van der Waals surface area contributed by atoms with Crippen LogP contribution in [0.3, 0.4) is 0 Å². The van der Waals surface area contributed by atoms with Crippen molar-refractivity contribution >= 4 is 17.3 Å². The first-order valence-corrected chi connectivity index (χ1v) is 7.78. The number of nitrogens with one attached hydrogen (secondary N) is 1. The Hall–Kier alpha value is -1.68. The third-order valence-electron chi connectivity index (χ3n) is 3.32. The van der Waals surface area contributed by atoms with Gasteiger partial charge in [0, 0.05) is 12.2 Å². The largest absolute Gasteiger partial charge is 0.494 e. The summed E-state index contributed by atoms with van der Waals surface area (Å²) in [6, 6.07) is 7.93. The second kappa shape index (κ2) is 7.36. The van der Waals surface area contributed by atoms with E-state index in [9.17, 15) is 0 Å². The van der Waals surface area contributed by atoms with Crippen molar-refractivity contribution in [2.75, 3.05) is 11.9 Å². The van der Waals surface area contributed by atoms with Gasteiger partial charge in [0.2, 0.25) is 0 Å². The van der Waals surface area contributed by atoms with Crippen molar-refractivity contribution in [3.05, 3.63) is 40.7 Å². The first-order valence-electron chi connectivity index (χ1n) is 7.40. The molecule has 0 radical (unpaired) electrons. The third kappa shape index (κ3) is 3.70. The minimum absolute atomic E-state index is 0.660. The predicted molar refractivity (Wildman–Crippen MR) is 87.2 cm³/mol. The molecule has 0 aliphatic carbocycles. The summed E-state index contributed by atoms with van der Waals surface area (Å²) in [6.45, 7) is 8.28. The van der Waals surface area contributed by atoms with Crippen LogP contribution in [0, 0.1) is 0 Å². The summed E-state index contributed by atoms with van der Waals surface area (Å²) in [5, 5.41) is 8.68. The maximum Gasteiger partial charge on any atom is 0.119 e. The van der Waals surface area contributed by atoms with Gasteiger partial charge >= 0.3 is 0 Å². The number of hydrogen-bond donors (Lipinski definition) is 1. The number of nitrogens with zero attached hydrogens (tertiary/aromatic N) is 2. The molecule has 0 atom stereocenters. The number of anilines is 1. The molecule has 1 N–H and O–H groups in total. The van der Waals surface area contributed by atoms with Crippen LogP contribution in [0.2, 0.25) is 5.02 Å². The predicted octanol–water partition coefficient (Wildman–Crippen LogP) is 4.13. The Morgan fingerprint density at radius 1 is 1.19 bits per heavy atom. The lowest BCUT2D eigenvalue weighted by atomic mass is 10.2. The van der Waals surface area contributed by atoms with Crippen LogP contribution in [0.4, 0.5) is 5.69 Å². The fraction of sp³-hybridized carbons (Fsp3) is 0.438. The van der Waals surface area contributed by atoms with Crippen LogP contribution < -0.4 is 10.1 Å². The molecule has 1 aromatic heterocycles. The maximum absolute atomic E-state index is 6.40. The number of rotatable bonds is 7. The Balaban J connectivity index is 2.07. The molecule has 1 heterocycles. The van der Waals surface area contributed by atoms with Crippen LogP contribution in [0.1, 0.15) is 32.2 Å². The second-order valence-corrected chi connectivity index (χ2v) is 5.07. The van der Waals surface area contributed by atoms with E-state index in [1.54, 1.807) is 0 Å². The van der Waals surface area contributed by atoms with Crippen molar-refractivity contribution in [1.29, 1.82) is 0 Å². The topological polar surface area (TPSA) is 39.1 Å². The van der Waals surface area contributed by atoms with Gasteiger partial charge in [0.05, 0.1) is 29.6 Å². The van der Waals surface area contributed by atoms with Gasteiger partial charge in [0.25, 0.3) is 0 Å². The smallest absolute Gasteiger partial charge is 0.119 e. The van der Waals surface area contributed by atoms with E-state index < -0.39 is 0 Å². The molecule has 0 unspecified atom stereocenters. The van der Waals surface area contributed by atoms with E-state index >= 15 is 0 Å². The van der Waals surface area contributed by atoms with Crippen molar-refractivity contribution in [2.45, 2.75) is 40.3 Å². The van der Waals surface area contributed by atoms with Crippen LogP contribution in [0.5, 0.6) is 5.75 Å². The van der Waals surface area contributed by atoms with E-state index in [-0.39, 0.29) is 0 Å². The molecule has 4 nitrogen and oxygen atoms in total. The van der Waals surface area contributed by atoms with Crippen molar-refractivity contribution in [3.8, 4) is 5.75 Å². The summed E-state index contributed by atoms with van der Waals surface area (Å²) in [4.78, 5) is 0. The van der Waals surface area contributed by atoms with Gasteiger partial charge in [-0.05, 0) is 44.5 Å². The van der Waals surface area contributed by atoms with Crippen LogP contribution in [-0.4, -0.2) is 16.4 Å². The summed E-state index contributed by atoms with van der Waals surface area (Å²) in [5.74, 6) is 0.882. The zero-order valence-corrected chi connectivity index (χ0v) is 13.6. The van der Waals surface area contributed by atoms with E-state index in [1.165, 1.54) is 0 Å². The Bertz CT molecular complexity index is 578. The summed E-state index contributed by atoms with van der Waals surface area (Å²) >= 11 is 6.40. The Morgan fingerprint density at radius 3 is 2.48 bits per heavy atom. The van der Waals surface area contributed by atoms with Crippen LogP contribution in [0.25, 0.3) is 0 Å². The normalized spacial score (nSPS) is 10.7. The van der Waals surface area contributed by atoms with Gasteiger partial charge in [-0.25, -0.2) is 0 Å². The van der Waals surface area contributed by atoms with Gasteiger partial charge in [0.15, 0.2) is 0 Å². The van der Waals surface area contributed by atoms with E-state index in [4.69, 9.17) is 16.3 Å². The number of benzene rings is 1. The molecule has 21 heavy (non-hydrogen) atoms. The highest BCUT2D eigenvalue weighted by Crippen LogP contribution is 2.23. The monoisotopic (exact) mass is 307 g/mol. The standard InChI is InChI=1S/C16H22ClN3O/c1-4-14-16(17)15(20(5-2)19-14)11-18-12-7-9-13(10-8-12)21-6-3/h7-10,18H,4-6,11H2,1-3H3. The molecule has 0 spiro atoms. The van der Waals surface area contributed by atoms with Crippen LogP contribution >= 0.6 is 11.6 Å². The zero-order chi connectivity index (χ0) is 15.2. The lowest BCUT2D eigenvalue weighted by Crippen LogP contribution is -2.08. The van der Waals surface area contributed by atoms with Gasteiger partial charge in [-0.3, -0.25) is 4.68 Å². The molecule has 0 fully saturated rings. The van der Waals surface area contributed by atoms with Gasteiger partial charge in [-0.1, -0.05) is 18.5 Å². The zero-order valence-electron chi connectivity index (χ0n) is 12.8. The first-order chi connectivity index (χ1) is 10.2. The Kier molecular flexibility index (Phi) is 5.51. The summed E-state index contributed by atoms with van der Waals surface area (Å²) < 4.78 is 7.40. The molecule has 0 aliphatic heterocycles. The maximum atomic E-state index is 6.40. The van der Waals surface area contributed by atoms with Gasteiger partial charge in [-0.2, -0.15) is 5.10 Å². The lowest BCUT2D eigenvalue weighted by Gasteiger charge is -2.09. The van der Waals surface area contributed by atoms with E-state index in [0.29, 0.717) is 13.2 Å². The molecule has 0 bridgehead atoms. The molecule has 0 saturated heterocycles. The van der Waals surface area contributed by atoms with E-state index in [2.05, 4.69) is 24.3 Å². The van der Waals surface area contributed by atoms with E-state index in [0.717, 1.165) is 40.8 Å². The summed E-state index contributed by atoms with van der Waals surface area (Å²) in [6.07, 6.45) is 0.849. The third-order valence-corrected chi connectivity index (χ3v) is 3.76. The van der Waals surface area contributed by atoms with Gasteiger partial charge in [0.1, 0.15) is 5.75 Å². The summed E-state index contributed by atoms with van der Waals surface area (Å²) in [5.41, 5.74) is 3.03. The van der Waals surface area contributed by atoms with Crippen LogP contribution in [-0.2, 0) is 19.5 Å². The fourth-order valence-corrected chi connectivity index (χ4v) is 2.54. The SMILES string of the molecule is CCOc1ccc(NCc2c(Cl)c(CC)nn2CC)cc1. The van der Waals surface area contributed by atoms with Crippen molar-refractivity contribution < 1.29 is 4.74 Å². The average molecular weight is 308 g/mol. The molecular formula is C16H22ClN3O. The number of hydrogen-bond acceptors (Lipinski definition) is 3. The number of aryl methyl sites for hydroxylation is 2. The molecule has 5 heteroatoms. The highest BCUT2D eigenvalue weighted by molar-refractivity contribution is 6.31. The number of ether oxygens (including phenoxy) is 1. The fourth-order valence-electron chi connectivity index (χ4n) is 2.21. The van der Waals surface area contributed by atoms with Crippen molar-refractivity contribution in [2.24, 2.45) is 0 Å². The van der Waals surface area contributed by atoms with Crippen molar-refractivity contribution in [1.82, 2.24) is 9.78 Å². The molecule has 0 saturated carbocycles. The number of halogens is 1. The number of aromatic nitrogens is 2. The van der Waals surface area contributed by atoms with Crippen LogP contribution in [0.15, 0.2) is 24.3 Å². The highest BCUT2D eigenvalue weighted by atomic mass is 35.5. The average Bonchev–Trinajstić information content (AvgIpc) is 2.82.